The Morgan fingerprint density at radius 2 is 1.82 bits per heavy atom. The molecule has 0 bridgehead atoms. The van der Waals surface area contributed by atoms with Gasteiger partial charge in [-0.2, -0.15) is 0 Å². The first-order chi connectivity index (χ1) is 10.7. The quantitative estimate of drug-likeness (QED) is 0.792. The van der Waals surface area contributed by atoms with E-state index in [-0.39, 0.29) is 6.23 Å². The normalized spacial score (nSPS) is 24.4. The van der Waals surface area contributed by atoms with E-state index < -0.39 is 5.60 Å². The number of morpholine rings is 1. The lowest BCUT2D eigenvalue weighted by molar-refractivity contribution is -0.107. The van der Waals surface area contributed by atoms with Gasteiger partial charge >= 0.3 is 0 Å². The van der Waals surface area contributed by atoms with E-state index in [9.17, 15) is 0 Å². The van der Waals surface area contributed by atoms with Crippen molar-refractivity contribution in [1.29, 1.82) is 0 Å². The van der Waals surface area contributed by atoms with E-state index in [4.69, 9.17) is 10.5 Å². The SMILES string of the molecule is CC1(c2cccc(C#Cc3ccccc3)c2)CNCC(N)O1. The van der Waals surface area contributed by atoms with Crippen molar-refractivity contribution >= 4 is 0 Å². The van der Waals surface area contributed by atoms with Gasteiger partial charge in [-0.15, -0.1) is 0 Å². The molecule has 1 saturated heterocycles. The van der Waals surface area contributed by atoms with E-state index in [0.29, 0.717) is 6.54 Å². The van der Waals surface area contributed by atoms with Crippen LogP contribution in [0.2, 0.25) is 0 Å². The van der Waals surface area contributed by atoms with Gasteiger partial charge in [-0.1, -0.05) is 42.2 Å². The largest absolute Gasteiger partial charge is 0.350 e. The van der Waals surface area contributed by atoms with Crippen LogP contribution in [0.3, 0.4) is 0 Å². The first-order valence-corrected chi connectivity index (χ1v) is 7.47. The van der Waals surface area contributed by atoms with Crippen molar-refractivity contribution in [3.63, 3.8) is 0 Å². The molecule has 112 valence electrons. The molecule has 0 amide bonds. The summed E-state index contributed by atoms with van der Waals surface area (Å²) in [7, 11) is 0. The highest BCUT2D eigenvalue weighted by molar-refractivity contribution is 5.44. The lowest BCUT2D eigenvalue weighted by Gasteiger charge is -2.38. The third kappa shape index (κ3) is 3.37. The van der Waals surface area contributed by atoms with Crippen LogP contribution in [-0.4, -0.2) is 19.3 Å². The van der Waals surface area contributed by atoms with E-state index in [1.54, 1.807) is 0 Å². The maximum atomic E-state index is 5.94. The molecule has 2 aromatic rings. The molecular formula is C19H20N2O. The van der Waals surface area contributed by atoms with Crippen molar-refractivity contribution in [3.05, 3.63) is 71.3 Å². The summed E-state index contributed by atoms with van der Waals surface area (Å²) in [5.74, 6) is 6.39. The Balaban J connectivity index is 1.86. The van der Waals surface area contributed by atoms with Crippen LogP contribution in [0.1, 0.15) is 23.6 Å². The molecule has 1 fully saturated rings. The fourth-order valence-corrected chi connectivity index (χ4v) is 2.63. The van der Waals surface area contributed by atoms with E-state index in [2.05, 4.69) is 36.2 Å². The van der Waals surface area contributed by atoms with Crippen LogP contribution in [0.15, 0.2) is 54.6 Å². The Morgan fingerprint density at radius 3 is 2.59 bits per heavy atom. The summed E-state index contributed by atoms with van der Waals surface area (Å²) < 4.78 is 5.94. The smallest absolute Gasteiger partial charge is 0.119 e. The Morgan fingerprint density at radius 1 is 1.09 bits per heavy atom. The summed E-state index contributed by atoms with van der Waals surface area (Å²) in [5.41, 5.74) is 8.57. The van der Waals surface area contributed by atoms with Gasteiger partial charge in [-0.25, -0.2) is 0 Å². The Hall–Kier alpha value is -2.12. The lowest BCUT2D eigenvalue weighted by Crippen LogP contribution is -2.53. The Kier molecular flexibility index (Phi) is 4.26. The molecule has 0 aliphatic carbocycles. The topological polar surface area (TPSA) is 47.3 Å². The van der Waals surface area contributed by atoms with Crippen molar-refractivity contribution in [1.82, 2.24) is 5.32 Å². The number of nitrogens with one attached hydrogen (secondary N) is 1. The van der Waals surface area contributed by atoms with Gasteiger partial charge in [0.25, 0.3) is 0 Å². The van der Waals surface area contributed by atoms with Gasteiger partial charge in [-0.3, -0.25) is 0 Å². The molecular weight excluding hydrogens is 272 g/mol. The molecule has 0 radical (unpaired) electrons. The van der Waals surface area contributed by atoms with Crippen molar-refractivity contribution in [2.45, 2.75) is 18.8 Å². The van der Waals surface area contributed by atoms with Gasteiger partial charge in [0.2, 0.25) is 0 Å². The molecule has 3 heteroatoms. The standard InChI is InChI=1S/C19H20N2O/c1-19(14-21-13-18(20)22-19)17-9-5-8-16(12-17)11-10-15-6-3-2-4-7-15/h2-9,12,18,21H,13-14,20H2,1H3. The number of rotatable bonds is 1. The summed E-state index contributed by atoms with van der Waals surface area (Å²) in [6.45, 7) is 3.49. The highest BCUT2D eigenvalue weighted by atomic mass is 16.5. The molecule has 0 saturated carbocycles. The zero-order valence-corrected chi connectivity index (χ0v) is 12.7. The van der Waals surface area contributed by atoms with E-state index in [1.165, 1.54) is 0 Å². The second-order valence-electron chi connectivity index (χ2n) is 5.71. The van der Waals surface area contributed by atoms with E-state index in [0.717, 1.165) is 23.2 Å². The van der Waals surface area contributed by atoms with Gasteiger partial charge < -0.3 is 15.8 Å². The van der Waals surface area contributed by atoms with Gasteiger partial charge in [0.1, 0.15) is 11.8 Å². The zero-order valence-electron chi connectivity index (χ0n) is 12.7. The minimum atomic E-state index is -0.415. The second-order valence-corrected chi connectivity index (χ2v) is 5.71. The fourth-order valence-electron chi connectivity index (χ4n) is 2.63. The van der Waals surface area contributed by atoms with Crippen LogP contribution in [-0.2, 0) is 10.3 Å². The summed E-state index contributed by atoms with van der Waals surface area (Å²) in [4.78, 5) is 0. The molecule has 3 N–H and O–H groups in total. The lowest BCUT2D eigenvalue weighted by atomic mass is 9.93. The average molecular weight is 292 g/mol. The van der Waals surface area contributed by atoms with Crippen molar-refractivity contribution in [2.24, 2.45) is 5.73 Å². The fraction of sp³-hybridized carbons (Fsp3) is 0.263. The van der Waals surface area contributed by atoms with Crippen LogP contribution in [0.5, 0.6) is 0 Å². The number of ether oxygens (including phenoxy) is 1. The highest BCUT2D eigenvalue weighted by Gasteiger charge is 2.33. The zero-order chi connectivity index (χ0) is 15.4. The minimum Gasteiger partial charge on any atom is -0.350 e. The van der Waals surface area contributed by atoms with E-state index >= 15 is 0 Å². The number of nitrogens with two attached hydrogens (primary N) is 1. The summed E-state index contributed by atoms with van der Waals surface area (Å²) in [6.07, 6.45) is -0.280. The van der Waals surface area contributed by atoms with Gasteiger partial charge in [0, 0.05) is 24.2 Å². The van der Waals surface area contributed by atoms with Crippen LogP contribution in [0.25, 0.3) is 0 Å². The maximum Gasteiger partial charge on any atom is 0.119 e. The summed E-state index contributed by atoms with van der Waals surface area (Å²) in [5, 5.41) is 3.31. The molecule has 3 nitrogen and oxygen atoms in total. The Bertz CT molecular complexity index is 702. The molecule has 0 aromatic heterocycles. The first-order valence-electron chi connectivity index (χ1n) is 7.47. The highest BCUT2D eigenvalue weighted by Crippen LogP contribution is 2.28. The molecule has 1 aliphatic heterocycles. The van der Waals surface area contributed by atoms with Crippen LogP contribution >= 0.6 is 0 Å². The number of hydrogen-bond donors (Lipinski definition) is 2. The van der Waals surface area contributed by atoms with E-state index in [1.807, 2.05) is 42.5 Å². The van der Waals surface area contributed by atoms with Gasteiger partial charge in [0.05, 0.1) is 0 Å². The Labute approximate surface area is 131 Å². The van der Waals surface area contributed by atoms with Gasteiger partial charge in [-0.05, 0) is 36.8 Å². The second kappa shape index (κ2) is 6.33. The predicted octanol–water partition coefficient (Wildman–Crippen LogP) is 2.21. The van der Waals surface area contributed by atoms with Gasteiger partial charge in [0.15, 0.2) is 0 Å². The maximum absolute atomic E-state index is 5.94. The minimum absolute atomic E-state index is 0.280. The molecule has 1 aliphatic rings. The van der Waals surface area contributed by atoms with Crippen LogP contribution in [0.4, 0.5) is 0 Å². The third-order valence-electron chi connectivity index (χ3n) is 3.82. The molecule has 2 unspecified atom stereocenters. The predicted molar refractivity (Wildman–Crippen MR) is 88.1 cm³/mol. The van der Waals surface area contributed by atoms with Crippen molar-refractivity contribution < 1.29 is 4.74 Å². The van der Waals surface area contributed by atoms with Crippen molar-refractivity contribution in [2.75, 3.05) is 13.1 Å². The third-order valence-corrected chi connectivity index (χ3v) is 3.82. The van der Waals surface area contributed by atoms with Crippen molar-refractivity contribution in [3.8, 4) is 11.8 Å². The summed E-state index contributed by atoms with van der Waals surface area (Å²) in [6, 6.07) is 18.1. The van der Waals surface area contributed by atoms with Crippen LogP contribution in [0, 0.1) is 11.8 Å². The summed E-state index contributed by atoms with van der Waals surface area (Å²) >= 11 is 0. The molecule has 1 heterocycles. The first kappa shape index (κ1) is 14.8. The molecule has 0 spiro atoms. The molecule has 2 aromatic carbocycles. The number of hydrogen-bond acceptors (Lipinski definition) is 3. The van der Waals surface area contributed by atoms with Crippen LogP contribution < -0.4 is 11.1 Å². The average Bonchev–Trinajstić information content (AvgIpc) is 2.54. The molecule has 22 heavy (non-hydrogen) atoms. The number of benzene rings is 2. The molecule has 2 atom stereocenters. The monoisotopic (exact) mass is 292 g/mol. The molecule has 3 rings (SSSR count).